The highest BCUT2D eigenvalue weighted by Gasteiger charge is 2.58. The van der Waals surface area contributed by atoms with Crippen LogP contribution in [0.4, 0.5) is 10.1 Å². The summed E-state index contributed by atoms with van der Waals surface area (Å²) in [7, 11) is 1.56. The molecule has 1 saturated heterocycles. The van der Waals surface area contributed by atoms with Crippen molar-refractivity contribution in [3.63, 3.8) is 0 Å². The van der Waals surface area contributed by atoms with Crippen molar-refractivity contribution in [2.75, 3.05) is 13.6 Å². The van der Waals surface area contributed by atoms with Crippen LogP contribution in [0, 0.1) is 21.8 Å². The molecule has 1 N–H and O–H groups in total. The molecule has 1 fully saturated rings. The third kappa shape index (κ3) is 3.65. The van der Waals surface area contributed by atoms with E-state index in [4.69, 9.17) is 0 Å². The molecular formula is C22H24FN3O4. The third-order valence-corrected chi connectivity index (χ3v) is 5.51. The fourth-order valence-electron chi connectivity index (χ4n) is 4.07. The van der Waals surface area contributed by atoms with Crippen LogP contribution in [-0.4, -0.2) is 35.2 Å². The first-order chi connectivity index (χ1) is 14.2. The molecule has 0 bridgehead atoms. The number of amides is 2. The van der Waals surface area contributed by atoms with Crippen LogP contribution >= 0.6 is 0 Å². The van der Waals surface area contributed by atoms with Crippen LogP contribution in [0.3, 0.4) is 0 Å². The van der Waals surface area contributed by atoms with E-state index in [1.807, 2.05) is 13.8 Å². The number of hydrogen-bond donors (Lipinski definition) is 1. The summed E-state index contributed by atoms with van der Waals surface area (Å²) in [4.78, 5) is 38.5. The molecule has 2 atom stereocenters. The predicted octanol–water partition coefficient (Wildman–Crippen LogP) is 3.35. The number of carbonyl (C=O) groups is 2. The van der Waals surface area contributed by atoms with Gasteiger partial charge < -0.3 is 10.2 Å². The predicted molar refractivity (Wildman–Crippen MR) is 109 cm³/mol. The van der Waals surface area contributed by atoms with Gasteiger partial charge >= 0.3 is 0 Å². The van der Waals surface area contributed by atoms with E-state index in [2.05, 4.69) is 5.32 Å². The monoisotopic (exact) mass is 413 g/mol. The normalized spacial score (nSPS) is 21.2. The van der Waals surface area contributed by atoms with Gasteiger partial charge in [-0.15, -0.1) is 0 Å². The molecule has 1 aliphatic heterocycles. The van der Waals surface area contributed by atoms with Crippen LogP contribution in [-0.2, 0) is 15.0 Å². The zero-order valence-corrected chi connectivity index (χ0v) is 17.1. The molecule has 30 heavy (non-hydrogen) atoms. The van der Waals surface area contributed by atoms with Gasteiger partial charge in [0.15, 0.2) is 0 Å². The second-order valence-corrected chi connectivity index (χ2v) is 7.99. The first-order valence-corrected chi connectivity index (χ1v) is 9.71. The second-order valence-electron chi connectivity index (χ2n) is 7.99. The van der Waals surface area contributed by atoms with E-state index < -0.39 is 28.1 Å². The fraction of sp³-hybridized carbons (Fsp3) is 0.364. The Morgan fingerprint density at radius 2 is 1.97 bits per heavy atom. The number of rotatable bonds is 6. The Morgan fingerprint density at radius 3 is 2.57 bits per heavy atom. The Labute approximate surface area is 174 Å². The summed E-state index contributed by atoms with van der Waals surface area (Å²) in [6, 6.07) is 11.2. The van der Waals surface area contributed by atoms with Crippen molar-refractivity contribution < 1.29 is 18.9 Å². The lowest BCUT2D eigenvalue weighted by Crippen LogP contribution is -2.49. The number of benzene rings is 2. The molecule has 0 spiro atoms. The van der Waals surface area contributed by atoms with Gasteiger partial charge in [-0.05, 0) is 17.5 Å². The minimum Gasteiger partial charge on any atom is -0.355 e. The number of nitrogens with zero attached hydrogens (tertiary/aromatic N) is 2. The maximum absolute atomic E-state index is 15.1. The van der Waals surface area contributed by atoms with Crippen LogP contribution < -0.4 is 5.32 Å². The van der Waals surface area contributed by atoms with Crippen molar-refractivity contribution in [2.45, 2.75) is 31.7 Å². The lowest BCUT2D eigenvalue weighted by Gasteiger charge is -2.36. The summed E-state index contributed by atoms with van der Waals surface area (Å²) in [6.45, 7) is 4.17. The zero-order chi connectivity index (χ0) is 22.1. The first kappa shape index (κ1) is 21.4. The third-order valence-electron chi connectivity index (χ3n) is 5.51. The number of non-ortho nitro benzene ring substituents is 1. The minimum atomic E-state index is -1.64. The quantitative estimate of drug-likeness (QED) is 0.581. The van der Waals surface area contributed by atoms with E-state index in [0.717, 1.165) is 18.2 Å². The largest absolute Gasteiger partial charge is 0.355 e. The highest BCUT2D eigenvalue weighted by molar-refractivity contribution is 5.98. The molecular weight excluding hydrogens is 389 g/mol. The lowest BCUT2D eigenvalue weighted by molar-refractivity contribution is -0.385. The fourth-order valence-corrected chi connectivity index (χ4v) is 4.07. The van der Waals surface area contributed by atoms with Crippen molar-refractivity contribution >= 4 is 17.5 Å². The van der Waals surface area contributed by atoms with E-state index >= 15 is 4.39 Å². The molecule has 7 nitrogen and oxygen atoms in total. The highest BCUT2D eigenvalue weighted by atomic mass is 19.1. The Morgan fingerprint density at radius 1 is 1.30 bits per heavy atom. The zero-order valence-electron chi connectivity index (χ0n) is 17.1. The number of nitro groups is 1. The van der Waals surface area contributed by atoms with E-state index in [0.29, 0.717) is 12.1 Å². The van der Waals surface area contributed by atoms with Gasteiger partial charge in [0, 0.05) is 37.7 Å². The number of halogens is 1. The average molecular weight is 413 g/mol. The second kappa shape index (κ2) is 8.22. The van der Waals surface area contributed by atoms with Crippen LogP contribution in [0.5, 0.6) is 0 Å². The molecule has 0 unspecified atom stereocenters. The van der Waals surface area contributed by atoms with Crippen LogP contribution in [0.15, 0.2) is 48.5 Å². The van der Waals surface area contributed by atoms with Gasteiger partial charge in [0.1, 0.15) is 11.2 Å². The number of hydrogen-bond acceptors (Lipinski definition) is 4. The van der Waals surface area contributed by atoms with Gasteiger partial charge in [-0.1, -0.05) is 44.2 Å². The molecule has 2 aromatic rings. The molecule has 0 radical (unpaired) electrons. The van der Waals surface area contributed by atoms with Gasteiger partial charge in [-0.2, -0.15) is 0 Å². The van der Waals surface area contributed by atoms with E-state index in [9.17, 15) is 19.7 Å². The Bertz CT molecular complexity index is 980. The molecule has 0 aromatic heterocycles. The smallest absolute Gasteiger partial charge is 0.269 e. The SMILES string of the molecule is CC(C)CNC(=O)[C@@]1(c2cc([N+](=O)[O-])ccc2F)CC(=O)N(C)[C@@H]1c1ccccc1. The van der Waals surface area contributed by atoms with Crippen LogP contribution in [0.2, 0.25) is 0 Å². The molecule has 2 aromatic carbocycles. The Kier molecular flexibility index (Phi) is 5.87. The van der Waals surface area contributed by atoms with Crippen molar-refractivity contribution in [1.29, 1.82) is 0 Å². The average Bonchev–Trinajstić information content (AvgIpc) is 2.98. The van der Waals surface area contributed by atoms with E-state index in [-0.39, 0.29) is 29.5 Å². The topological polar surface area (TPSA) is 92.5 Å². The summed E-state index contributed by atoms with van der Waals surface area (Å²) in [5.74, 6) is -1.49. The molecule has 0 aliphatic carbocycles. The van der Waals surface area contributed by atoms with Crippen LogP contribution in [0.1, 0.15) is 37.4 Å². The minimum absolute atomic E-state index is 0.131. The van der Waals surface area contributed by atoms with E-state index in [1.165, 1.54) is 4.90 Å². The van der Waals surface area contributed by atoms with Crippen molar-refractivity contribution in [3.05, 3.63) is 75.6 Å². The van der Waals surface area contributed by atoms with Gasteiger partial charge in [0.2, 0.25) is 11.8 Å². The Balaban J connectivity index is 2.27. The van der Waals surface area contributed by atoms with E-state index in [1.54, 1.807) is 37.4 Å². The molecule has 2 amide bonds. The molecule has 8 heteroatoms. The Hall–Kier alpha value is -3.29. The highest BCUT2D eigenvalue weighted by Crippen LogP contribution is 2.50. The van der Waals surface area contributed by atoms with Crippen molar-refractivity contribution in [1.82, 2.24) is 10.2 Å². The van der Waals surface area contributed by atoms with Gasteiger partial charge in [0.25, 0.3) is 5.69 Å². The summed E-state index contributed by atoms with van der Waals surface area (Å²) in [5, 5.41) is 14.2. The molecule has 1 aliphatic rings. The maximum Gasteiger partial charge on any atom is 0.269 e. The standard InChI is InChI=1S/C22H24FN3O4/c1-14(2)13-24-21(28)22(17-11-16(26(29)30)9-10-18(17)23)12-19(27)25(3)20(22)15-7-5-4-6-8-15/h4-11,14,20H,12-13H2,1-3H3,(H,24,28)/t20-,22-/m1/s1. The van der Waals surface area contributed by atoms with Gasteiger partial charge in [-0.25, -0.2) is 4.39 Å². The van der Waals surface area contributed by atoms with Crippen molar-refractivity contribution in [2.24, 2.45) is 5.92 Å². The summed E-state index contributed by atoms with van der Waals surface area (Å²) < 4.78 is 15.1. The number of carbonyl (C=O) groups excluding carboxylic acids is 2. The van der Waals surface area contributed by atoms with Crippen LogP contribution in [0.25, 0.3) is 0 Å². The lowest BCUT2D eigenvalue weighted by atomic mass is 9.70. The summed E-state index contributed by atoms with van der Waals surface area (Å²) in [6.07, 6.45) is -0.287. The summed E-state index contributed by atoms with van der Waals surface area (Å²) in [5.41, 5.74) is -1.48. The first-order valence-electron chi connectivity index (χ1n) is 9.71. The molecule has 1 heterocycles. The summed E-state index contributed by atoms with van der Waals surface area (Å²) >= 11 is 0. The number of likely N-dealkylation sites (N-methyl/N-ethyl adjacent to an activating group) is 1. The van der Waals surface area contributed by atoms with Gasteiger partial charge in [0.05, 0.1) is 11.0 Å². The van der Waals surface area contributed by atoms with Gasteiger partial charge in [-0.3, -0.25) is 19.7 Å². The molecule has 0 saturated carbocycles. The maximum atomic E-state index is 15.1. The van der Waals surface area contributed by atoms with Crippen molar-refractivity contribution in [3.8, 4) is 0 Å². The number of nitrogens with one attached hydrogen (secondary N) is 1. The number of likely N-dealkylation sites (tertiary alicyclic amines) is 1. The molecule has 158 valence electrons. The number of nitro benzene ring substituents is 1. The molecule has 3 rings (SSSR count).